The van der Waals surface area contributed by atoms with Gasteiger partial charge in [0.25, 0.3) is 0 Å². The van der Waals surface area contributed by atoms with E-state index in [0.717, 1.165) is 11.4 Å². The number of hydrogen-bond donors (Lipinski definition) is 2. The normalized spacial score (nSPS) is 18.1. The van der Waals surface area contributed by atoms with E-state index in [4.69, 9.17) is 23.8 Å². The van der Waals surface area contributed by atoms with E-state index in [1.807, 2.05) is 52.1 Å². The molecule has 0 spiro atoms. The van der Waals surface area contributed by atoms with E-state index < -0.39 is 0 Å². The highest BCUT2D eigenvalue weighted by Crippen LogP contribution is 2.45. The van der Waals surface area contributed by atoms with Crippen molar-refractivity contribution in [1.82, 2.24) is 14.9 Å². The second kappa shape index (κ2) is 8.26. The van der Waals surface area contributed by atoms with Crippen LogP contribution in [0.4, 0.5) is 10.1 Å². The number of thiocarbonyl (C=S) groups is 1. The van der Waals surface area contributed by atoms with Crippen molar-refractivity contribution < 1.29 is 9.50 Å². The number of nitrogens with zero attached hydrogens (tertiary/aromatic N) is 3. The number of rotatable bonds is 4. The third-order valence-electron chi connectivity index (χ3n) is 5.46. The number of halogens is 2. The lowest BCUT2D eigenvalue weighted by Gasteiger charge is -2.29. The van der Waals surface area contributed by atoms with E-state index in [1.165, 1.54) is 18.2 Å². The van der Waals surface area contributed by atoms with Crippen LogP contribution in [0.2, 0.25) is 5.02 Å². The van der Waals surface area contributed by atoms with Crippen molar-refractivity contribution >= 4 is 34.6 Å². The van der Waals surface area contributed by atoms with Crippen LogP contribution in [0, 0.1) is 5.82 Å². The van der Waals surface area contributed by atoms with Gasteiger partial charge in [-0.25, -0.2) is 4.39 Å². The minimum atomic E-state index is -0.389. The molecular weight excluding hydrogens is 447 g/mol. The van der Waals surface area contributed by atoms with Crippen LogP contribution < -0.4 is 10.2 Å². The Morgan fingerprint density at radius 1 is 1.03 bits per heavy atom. The Hall–Kier alpha value is -3.42. The van der Waals surface area contributed by atoms with Crippen molar-refractivity contribution in [2.75, 3.05) is 4.90 Å². The molecule has 0 bridgehead atoms. The van der Waals surface area contributed by atoms with E-state index in [1.54, 1.807) is 24.4 Å². The number of nitrogens with one attached hydrogen (secondary N) is 1. The average Bonchev–Trinajstić information content (AvgIpc) is 3.40. The number of anilines is 1. The zero-order valence-corrected chi connectivity index (χ0v) is 18.3. The van der Waals surface area contributed by atoms with Crippen LogP contribution in [-0.2, 0) is 0 Å². The van der Waals surface area contributed by atoms with Crippen molar-refractivity contribution in [3.8, 4) is 11.4 Å². The summed E-state index contributed by atoms with van der Waals surface area (Å²) in [7, 11) is 0. The number of pyridine rings is 1. The number of aromatic nitrogens is 2. The fourth-order valence-electron chi connectivity index (χ4n) is 4.10. The molecule has 0 saturated carbocycles. The molecule has 3 heterocycles. The highest BCUT2D eigenvalue weighted by atomic mass is 35.5. The summed E-state index contributed by atoms with van der Waals surface area (Å²) >= 11 is 12.0. The molecule has 2 aromatic carbocycles. The third-order valence-corrected chi connectivity index (χ3v) is 6.01. The quantitative estimate of drug-likeness (QED) is 0.388. The molecule has 160 valence electrons. The van der Waals surface area contributed by atoms with E-state index in [9.17, 15) is 9.50 Å². The van der Waals surface area contributed by atoms with Gasteiger partial charge in [-0.3, -0.25) is 4.98 Å². The van der Waals surface area contributed by atoms with Gasteiger partial charge in [0.2, 0.25) is 0 Å². The zero-order chi connectivity index (χ0) is 22.2. The molecular formula is C24H18ClFN4OS. The lowest BCUT2D eigenvalue weighted by Crippen LogP contribution is -2.30. The number of aromatic hydroxyl groups is 1. The van der Waals surface area contributed by atoms with Crippen LogP contribution in [-0.4, -0.2) is 19.8 Å². The van der Waals surface area contributed by atoms with Gasteiger partial charge in [-0.05, 0) is 72.9 Å². The van der Waals surface area contributed by atoms with Gasteiger partial charge >= 0.3 is 0 Å². The molecule has 5 nitrogen and oxygen atoms in total. The lowest BCUT2D eigenvalue weighted by molar-refractivity contribution is 0.472. The Morgan fingerprint density at radius 3 is 2.69 bits per heavy atom. The zero-order valence-electron chi connectivity index (χ0n) is 16.7. The van der Waals surface area contributed by atoms with Gasteiger partial charge < -0.3 is 19.9 Å². The molecule has 1 aliphatic heterocycles. The molecule has 0 unspecified atom stereocenters. The van der Waals surface area contributed by atoms with E-state index in [0.29, 0.717) is 21.5 Å². The Labute approximate surface area is 194 Å². The van der Waals surface area contributed by atoms with Crippen molar-refractivity contribution in [1.29, 1.82) is 0 Å². The van der Waals surface area contributed by atoms with Gasteiger partial charge in [-0.1, -0.05) is 23.7 Å². The predicted octanol–water partition coefficient (Wildman–Crippen LogP) is 5.55. The van der Waals surface area contributed by atoms with Gasteiger partial charge in [0.1, 0.15) is 17.6 Å². The first-order chi connectivity index (χ1) is 15.5. The maximum Gasteiger partial charge on any atom is 0.174 e. The first-order valence-corrected chi connectivity index (χ1v) is 10.7. The summed E-state index contributed by atoms with van der Waals surface area (Å²) in [4.78, 5) is 6.37. The second-order valence-electron chi connectivity index (χ2n) is 7.41. The van der Waals surface area contributed by atoms with Crippen LogP contribution in [0.15, 0.2) is 85.2 Å². The monoisotopic (exact) mass is 464 g/mol. The highest BCUT2D eigenvalue weighted by Gasteiger charge is 2.43. The van der Waals surface area contributed by atoms with Crippen LogP contribution in [0.3, 0.4) is 0 Å². The SMILES string of the molecule is Oc1ccc(Cl)cc1N1C(=S)N[C@H](c2ccccn2)[C@H]1c1cccn1-c1cccc(F)c1. The van der Waals surface area contributed by atoms with Crippen molar-refractivity contribution in [2.45, 2.75) is 12.1 Å². The molecule has 2 N–H and O–H groups in total. The van der Waals surface area contributed by atoms with Crippen molar-refractivity contribution in [2.24, 2.45) is 0 Å². The van der Waals surface area contributed by atoms with Crippen LogP contribution in [0.1, 0.15) is 23.5 Å². The number of benzene rings is 2. The number of phenols is 1. The standard InChI is InChI=1S/C24H18ClFN4OS/c25-15-9-10-21(31)20(13-15)30-23(22(28-24(30)32)18-7-1-2-11-27-18)19-8-4-12-29(19)17-6-3-5-16(26)14-17/h1-14,22-23,31H,(H,28,32)/t22-,23-/m1/s1. The fourth-order valence-corrected chi connectivity index (χ4v) is 4.61. The third kappa shape index (κ3) is 3.59. The summed E-state index contributed by atoms with van der Waals surface area (Å²) in [5.74, 6) is -0.276. The fraction of sp³-hybridized carbons (Fsp3) is 0.0833. The minimum Gasteiger partial charge on any atom is -0.506 e. The molecule has 1 aliphatic rings. The molecule has 5 rings (SSSR count). The molecule has 0 radical (unpaired) electrons. The maximum atomic E-state index is 14.0. The van der Waals surface area contributed by atoms with Gasteiger partial charge in [0.15, 0.2) is 5.11 Å². The van der Waals surface area contributed by atoms with Crippen LogP contribution >= 0.6 is 23.8 Å². The molecule has 32 heavy (non-hydrogen) atoms. The van der Waals surface area contributed by atoms with E-state index in [-0.39, 0.29) is 23.7 Å². The predicted molar refractivity (Wildman–Crippen MR) is 127 cm³/mol. The van der Waals surface area contributed by atoms with E-state index >= 15 is 0 Å². The molecule has 0 aliphatic carbocycles. The molecule has 2 atom stereocenters. The van der Waals surface area contributed by atoms with Gasteiger partial charge in [0.05, 0.1) is 17.4 Å². The Balaban J connectivity index is 1.70. The maximum absolute atomic E-state index is 14.0. The Morgan fingerprint density at radius 2 is 1.91 bits per heavy atom. The molecule has 4 aromatic rings. The minimum absolute atomic E-state index is 0.0501. The van der Waals surface area contributed by atoms with Gasteiger partial charge in [-0.2, -0.15) is 0 Å². The summed E-state index contributed by atoms with van der Waals surface area (Å²) in [6.45, 7) is 0. The Kier molecular flexibility index (Phi) is 5.28. The second-order valence-corrected chi connectivity index (χ2v) is 8.24. The first-order valence-electron chi connectivity index (χ1n) is 9.95. The van der Waals surface area contributed by atoms with Gasteiger partial charge in [0, 0.05) is 28.8 Å². The van der Waals surface area contributed by atoms with Crippen molar-refractivity contribution in [3.63, 3.8) is 0 Å². The molecule has 0 amide bonds. The van der Waals surface area contributed by atoms with Crippen molar-refractivity contribution in [3.05, 3.63) is 107 Å². The van der Waals surface area contributed by atoms with Crippen LogP contribution in [0.25, 0.3) is 5.69 Å². The topological polar surface area (TPSA) is 53.3 Å². The molecule has 2 aromatic heterocycles. The van der Waals surface area contributed by atoms with Gasteiger partial charge in [-0.15, -0.1) is 0 Å². The lowest BCUT2D eigenvalue weighted by atomic mass is 10.0. The van der Waals surface area contributed by atoms with E-state index in [2.05, 4.69) is 10.3 Å². The summed E-state index contributed by atoms with van der Waals surface area (Å²) in [6, 6.07) is 20.0. The molecule has 8 heteroatoms. The highest BCUT2D eigenvalue weighted by molar-refractivity contribution is 7.80. The van der Waals surface area contributed by atoms with Crippen LogP contribution in [0.5, 0.6) is 5.75 Å². The Bertz CT molecular complexity index is 1300. The summed E-state index contributed by atoms with van der Waals surface area (Å²) in [5, 5.41) is 14.9. The number of phenolic OH excluding ortho intramolecular Hbond substituents is 1. The number of hydrogen-bond acceptors (Lipinski definition) is 3. The summed E-state index contributed by atoms with van der Waals surface area (Å²) in [6.07, 6.45) is 3.60. The smallest absolute Gasteiger partial charge is 0.174 e. The average molecular weight is 465 g/mol. The summed E-state index contributed by atoms with van der Waals surface area (Å²) in [5.41, 5.74) is 2.79. The molecule has 1 fully saturated rings. The first kappa shape index (κ1) is 20.5. The summed E-state index contributed by atoms with van der Waals surface area (Å²) < 4.78 is 15.9. The molecule has 1 saturated heterocycles. The largest absolute Gasteiger partial charge is 0.506 e.